The van der Waals surface area contributed by atoms with E-state index in [0.29, 0.717) is 6.54 Å². The molecule has 0 aliphatic carbocycles. The Morgan fingerprint density at radius 3 is 2.07 bits per heavy atom. The highest BCUT2D eigenvalue weighted by Gasteiger charge is 2.26. The first-order valence-corrected chi connectivity index (χ1v) is 9.95. The van der Waals surface area contributed by atoms with Crippen molar-refractivity contribution in [1.82, 2.24) is 10.2 Å². The molecule has 2 amide bonds. The summed E-state index contributed by atoms with van der Waals surface area (Å²) in [5.41, 5.74) is 3.09. The molecule has 0 heterocycles. The predicted molar refractivity (Wildman–Crippen MR) is 112 cm³/mol. The van der Waals surface area contributed by atoms with Crippen LogP contribution in [0.25, 0.3) is 0 Å². The minimum absolute atomic E-state index is 0.0293. The van der Waals surface area contributed by atoms with Crippen molar-refractivity contribution < 1.29 is 9.59 Å². The lowest BCUT2D eigenvalue weighted by atomic mass is 10.1. The van der Waals surface area contributed by atoms with E-state index >= 15 is 0 Å². The van der Waals surface area contributed by atoms with Gasteiger partial charge in [-0.15, -0.1) is 0 Å². The average Bonchev–Trinajstić information content (AvgIpc) is 2.62. The van der Waals surface area contributed by atoms with Gasteiger partial charge in [-0.05, 0) is 51.0 Å². The zero-order chi connectivity index (χ0) is 20.0. The van der Waals surface area contributed by atoms with E-state index < -0.39 is 6.04 Å². The third-order valence-electron chi connectivity index (χ3n) is 4.34. The third kappa shape index (κ3) is 6.51. The molecule has 0 saturated carbocycles. The zero-order valence-electron chi connectivity index (χ0n) is 16.3. The van der Waals surface area contributed by atoms with Crippen LogP contribution in [0, 0.1) is 6.92 Å². The Hall–Kier alpha value is -2.14. The standard InChI is InChI=1S/C22H27BrN2O2/c1-15(2)24-22(27)17(4)25(14-19-9-11-20(23)12-10-19)21(26)13-18-7-5-16(3)6-8-18/h5-12,15,17H,13-14H2,1-4H3,(H,24,27). The van der Waals surface area contributed by atoms with Gasteiger partial charge in [-0.25, -0.2) is 0 Å². The number of carbonyl (C=O) groups excluding carboxylic acids is 2. The molecule has 2 rings (SSSR count). The molecule has 2 aromatic rings. The summed E-state index contributed by atoms with van der Waals surface area (Å²) in [5.74, 6) is -0.201. The normalized spacial score (nSPS) is 11.9. The fraction of sp³-hybridized carbons (Fsp3) is 0.364. The number of nitrogens with one attached hydrogen (secondary N) is 1. The molecule has 0 saturated heterocycles. The number of rotatable bonds is 7. The van der Waals surface area contributed by atoms with Crippen molar-refractivity contribution in [1.29, 1.82) is 0 Å². The van der Waals surface area contributed by atoms with Crippen LogP contribution < -0.4 is 5.32 Å². The molecule has 0 spiro atoms. The van der Waals surface area contributed by atoms with Crippen molar-refractivity contribution in [3.8, 4) is 0 Å². The average molecular weight is 431 g/mol. The minimum atomic E-state index is -0.547. The summed E-state index contributed by atoms with van der Waals surface area (Å²) in [6, 6.07) is 15.2. The summed E-state index contributed by atoms with van der Waals surface area (Å²) >= 11 is 3.43. The molecular formula is C22H27BrN2O2. The number of hydrogen-bond acceptors (Lipinski definition) is 2. The van der Waals surface area contributed by atoms with Crippen LogP contribution in [-0.2, 0) is 22.6 Å². The maximum absolute atomic E-state index is 13.0. The van der Waals surface area contributed by atoms with Crippen LogP contribution in [-0.4, -0.2) is 28.8 Å². The molecule has 27 heavy (non-hydrogen) atoms. The Kier molecular flexibility index (Phi) is 7.60. The van der Waals surface area contributed by atoms with Gasteiger partial charge in [0.1, 0.15) is 6.04 Å². The molecular weight excluding hydrogens is 404 g/mol. The van der Waals surface area contributed by atoms with E-state index in [4.69, 9.17) is 0 Å². The van der Waals surface area contributed by atoms with E-state index in [-0.39, 0.29) is 24.3 Å². The van der Waals surface area contributed by atoms with Crippen LogP contribution in [0.4, 0.5) is 0 Å². The van der Waals surface area contributed by atoms with E-state index in [1.165, 1.54) is 0 Å². The predicted octanol–water partition coefficient (Wildman–Crippen LogP) is 4.24. The Balaban J connectivity index is 2.21. The Morgan fingerprint density at radius 1 is 0.963 bits per heavy atom. The lowest BCUT2D eigenvalue weighted by Gasteiger charge is -2.29. The Labute approximate surface area is 170 Å². The van der Waals surface area contributed by atoms with Crippen LogP contribution in [0.5, 0.6) is 0 Å². The molecule has 144 valence electrons. The van der Waals surface area contributed by atoms with Gasteiger partial charge in [0.15, 0.2) is 0 Å². The van der Waals surface area contributed by atoms with Gasteiger partial charge in [0.05, 0.1) is 6.42 Å². The van der Waals surface area contributed by atoms with Crippen molar-refractivity contribution >= 4 is 27.7 Å². The second kappa shape index (κ2) is 9.70. The highest BCUT2D eigenvalue weighted by molar-refractivity contribution is 9.10. The van der Waals surface area contributed by atoms with Crippen LogP contribution in [0.3, 0.4) is 0 Å². The summed E-state index contributed by atoms with van der Waals surface area (Å²) in [6.07, 6.45) is 0.274. The third-order valence-corrected chi connectivity index (χ3v) is 4.87. The van der Waals surface area contributed by atoms with E-state index in [9.17, 15) is 9.59 Å². The minimum Gasteiger partial charge on any atom is -0.352 e. The van der Waals surface area contributed by atoms with E-state index in [0.717, 1.165) is 21.2 Å². The first kappa shape index (κ1) is 21.2. The lowest BCUT2D eigenvalue weighted by Crippen LogP contribution is -2.49. The Bertz CT molecular complexity index is 770. The Morgan fingerprint density at radius 2 is 1.52 bits per heavy atom. The first-order chi connectivity index (χ1) is 12.8. The highest BCUT2D eigenvalue weighted by Crippen LogP contribution is 2.16. The van der Waals surface area contributed by atoms with Gasteiger partial charge in [-0.3, -0.25) is 9.59 Å². The highest BCUT2D eigenvalue weighted by atomic mass is 79.9. The second-order valence-corrected chi connectivity index (χ2v) is 8.07. The number of halogens is 1. The molecule has 2 aromatic carbocycles. The molecule has 0 aliphatic heterocycles. The smallest absolute Gasteiger partial charge is 0.242 e. The van der Waals surface area contributed by atoms with Gasteiger partial charge in [0.2, 0.25) is 11.8 Å². The van der Waals surface area contributed by atoms with Crippen molar-refractivity contribution in [3.63, 3.8) is 0 Å². The van der Waals surface area contributed by atoms with Crippen molar-refractivity contribution in [2.45, 2.75) is 52.7 Å². The molecule has 0 radical (unpaired) electrons. The molecule has 0 aromatic heterocycles. The van der Waals surface area contributed by atoms with E-state index in [2.05, 4.69) is 21.2 Å². The van der Waals surface area contributed by atoms with Gasteiger partial charge in [0, 0.05) is 17.1 Å². The molecule has 0 aliphatic rings. The number of hydrogen-bond donors (Lipinski definition) is 1. The van der Waals surface area contributed by atoms with Crippen molar-refractivity contribution in [2.75, 3.05) is 0 Å². The number of benzene rings is 2. The van der Waals surface area contributed by atoms with E-state index in [1.807, 2.05) is 69.3 Å². The lowest BCUT2D eigenvalue weighted by molar-refractivity contribution is -0.140. The van der Waals surface area contributed by atoms with Crippen LogP contribution in [0.2, 0.25) is 0 Å². The monoisotopic (exact) mass is 430 g/mol. The quantitative estimate of drug-likeness (QED) is 0.713. The largest absolute Gasteiger partial charge is 0.352 e. The number of amides is 2. The van der Waals surface area contributed by atoms with Gasteiger partial charge in [-0.2, -0.15) is 0 Å². The van der Waals surface area contributed by atoms with Crippen LogP contribution >= 0.6 is 15.9 Å². The number of carbonyl (C=O) groups is 2. The zero-order valence-corrected chi connectivity index (χ0v) is 17.9. The summed E-state index contributed by atoms with van der Waals surface area (Å²) in [5, 5.41) is 2.90. The van der Waals surface area contributed by atoms with Crippen LogP contribution in [0.15, 0.2) is 53.0 Å². The molecule has 1 unspecified atom stereocenters. The SMILES string of the molecule is Cc1ccc(CC(=O)N(Cc2ccc(Br)cc2)C(C)C(=O)NC(C)C)cc1. The second-order valence-electron chi connectivity index (χ2n) is 7.15. The fourth-order valence-electron chi connectivity index (χ4n) is 2.76. The molecule has 5 heteroatoms. The molecule has 0 bridgehead atoms. The number of nitrogens with zero attached hydrogens (tertiary/aromatic N) is 1. The van der Waals surface area contributed by atoms with Crippen LogP contribution in [0.1, 0.15) is 37.5 Å². The maximum atomic E-state index is 13.0. The maximum Gasteiger partial charge on any atom is 0.242 e. The van der Waals surface area contributed by atoms with Gasteiger partial charge >= 0.3 is 0 Å². The molecule has 0 fully saturated rings. The fourth-order valence-corrected chi connectivity index (χ4v) is 3.02. The summed E-state index contributed by atoms with van der Waals surface area (Å²) in [6.45, 7) is 8.02. The molecule has 1 atom stereocenters. The first-order valence-electron chi connectivity index (χ1n) is 9.16. The van der Waals surface area contributed by atoms with Crippen molar-refractivity contribution in [2.24, 2.45) is 0 Å². The van der Waals surface area contributed by atoms with Gasteiger partial charge < -0.3 is 10.2 Å². The van der Waals surface area contributed by atoms with Crippen molar-refractivity contribution in [3.05, 3.63) is 69.7 Å². The van der Waals surface area contributed by atoms with Gasteiger partial charge in [0.25, 0.3) is 0 Å². The van der Waals surface area contributed by atoms with E-state index in [1.54, 1.807) is 11.8 Å². The molecule has 4 nitrogen and oxygen atoms in total. The topological polar surface area (TPSA) is 49.4 Å². The summed E-state index contributed by atoms with van der Waals surface area (Å²) in [7, 11) is 0. The summed E-state index contributed by atoms with van der Waals surface area (Å²) in [4.78, 5) is 27.2. The van der Waals surface area contributed by atoms with Gasteiger partial charge in [-0.1, -0.05) is 57.9 Å². The number of aryl methyl sites for hydroxylation is 1. The summed E-state index contributed by atoms with van der Waals surface area (Å²) < 4.78 is 0.981. The molecule has 1 N–H and O–H groups in total.